The van der Waals surface area contributed by atoms with Crippen LogP contribution >= 0.6 is 11.6 Å². The number of pyridine rings is 1. The number of hydrogen-bond donors (Lipinski definition) is 1. The lowest BCUT2D eigenvalue weighted by Gasteiger charge is -2.07. The van der Waals surface area contributed by atoms with E-state index in [0.717, 1.165) is 22.7 Å². The van der Waals surface area contributed by atoms with Gasteiger partial charge >= 0.3 is 0 Å². The van der Waals surface area contributed by atoms with Crippen LogP contribution in [0.15, 0.2) is 34.7 Å². The van der Waals surface area contributed by atoms with Crippen LogP contribution < -0.4 is 5.32 Å². The van der Waals surface area contributed by atoms with Crippen molar-refractivity contribution >= 4 is 39.5 Å². The number of benzene rings is 1. The maximum Gasteiger partial charge on any atom is 0.287 e. The van der Waals surface area contributed by atoms with Crippen LogP contribution in [-0.2, 0) is 4.74 Å². The number of rotatable bonds is 6. The quantitative estimate of drug-likeness (QED) is 0.680. The summed E-state index contributed by atoms with van der Waals surface area (Å²) in [6.45, 7) is 5.12. The van der Waals surface area contributed by atoms with Gasteiger partial charge in [0.1, 0.15) is 0 Å². The number of nitrogens with one attached hydrogen (secondary N) is 1. The highest BCUT2D eigenvalue weighted by atomic mass is 35.5. The minimum Gasteiger partial charge on any atom is -0.433 e. The van der Waals surface area contributed by atoms with E-state index < -0.39 is 0 Å². The molecular formula is C18H19ClN2O3. The van der Waals surface area contributed by atoms with Gasteiger partial charge in [-0.1, -0.05) is 17.7 Å². The topological polar surface area (TPSA) is 64.4 Å². The Hall–Kier alpha value is -2.11. The summed E-state index contributed by atoms with van der Waals surface area (Å²) >= 11 is 5.98. The van der Waals surface area contributed by atoms with E-state index in [2.05, 4.69) is 10.3 Å². The minimum absolute atomic E-state index is 0.199. The molecule has 0 saturated carbocycles. The maximum absolute atomic E-state index is 12.2. The van der Waals surface area contributed by atoms with Gasteiger partial charge in [0, 0.05) is 28.9 Å². The Balaban J connectivity index is 1.70. The van der Waals surface area contributed by atoms with Gasteiger partial charge in [-0.15, -0.1) is 0 Å². The zero-order valence-electron chi connectivity index (χ0n) is 13.6. The molecule has 0 bridgehead atoms. The number of halogens is 1. The molecule has 2 heterocycles. The van der Waals surface area contributed by atoms with Crippen LogP contribution in [0.5, 0.6) is 0 Å². The normalized spacial score (nSPS) is 11.5. The number of aromatic nitrogens is 1. The first kappa shape index (κ1) is 16.7. The van der Waals surface area contributed by atoms with Crippen molar-refractivity contribution in [3.63, 3.8) is 0 Å². The summed E-state index contributed by atoms with van der Waals surface area (Å²) in [6.07, 6.45) is 0.954. The summed E-state index contributed by atoms with van der Waals surface area (Å²) in [5.74, 6) is 0.00307. The van der Waals surface area contributed by atoms with Crippen LogP contribution in [0.25, 0.3) is 22.0 Å². The fourth-order valence-electron chi connectivity index (χ4n) is 2.39. The zero-order valence-corrected chi connectivity index (χ0v) is 14.4. The molecule has 3 rings (SSSR count). The second kappa shape index (κ2) is 7.20. The number of hydrogen-bond acceptors (Lipinski definition) is 4. The SMILES string of the molecule is CC(C)OCCCNC(=O)c1cc2cc3ccc(Cl)cc3nc2o1. The van der Waals surface area contributed by atoms with Gasteiger partial charge < -0.3 is 14.5 Å². The molecule has 0 saturated heterocycles. The average molecular weight is 347 g/mol. The maximum atomic E-state index is 12.2. The van der Waals surface area contributed by atoms with Crippen molar-refractivity contribution in [1.82, 2.24) is 10.3 Å². The summed E-state index contributed by atoms with van der Waals surface area (Å²) in [7, 11) is 0. The lowest BCUT2D eigenvalue weighted by Crippen LogP contribution is -2.25. The molecule has 24 heavy (non-hydrogen) atoms. The van der Waals surface area contributed by atoms with Crippen molar-refractivity contribution in [1.29, 1.82) is 0 Å². The van der Waals surface area contributed by atoms with Gasteiger partial charge in [0.15, 0.2) is 5.76 Å². The van der Waals surface area contributed by atoms with Crippen LogP contribution in [0.4, 0.5) is 0 Å². The lowest BCUT2D eigenvalue weighted by atomic mass is 10.2. The molecule has 1 aromatic carbocycles. The van der Waals surface area contributed by atoms with E-state index >= 15 is 0 Å². The third-order valence-electron chi connectivity index (χ3n) is 3.55. The predicted octanol–water partition coefficient (Wildman–Crippen LogP) is 4.18. The molecule has 2 aromatic heterocycles. The van der Waals surface area contributed by atoms with Crippen molar-refractivity contribution in [3.8, 4) is 0 Å². The molecule has 6 heteroatoms. The number of ether oxygens (including phenoxy) is 1. The molecule has 0 aliphatic rings. The highest BCUT2D eigenvalue weighted by molar-refractivity contribution is 6.31. The highest BCUT2D eigenvalue weighted by Crippen LogP contribution is 2.24. The summed E-state index contributed by atoms with van der Waals surface area (Å²) in [5, 5.41) is 5.18. The average Bonchev–Trinajstić information content (AvgIpc) is 2.94. The summed E-state index contributed by atoms with van der Waals surface area (Å²) in [4.78, 5) is 16.6. The first-order valence-electron chi connectivity index (χ1n) is 7.92. The number of nitrogens with zero attached hydrogens (tertiary/aromatic N) is 1. The molecule has 1 N–H and O–H groups in total. The number of furan rings is 1. The van der Waals surface area contributed by atoms with Gasteiger partial charge in [0.05, 0.1) is 11.6 Å². The Morgan fingerprint density at radius 3 is 2.92 bits per heavy atom. The van der Waals surface area contributed by atoms with E-state index in [1.807, 2.05) is 32.0 Å². The van der Waals surface area contributed by atoms with Crippen molar-refractivity contribution in [2.24, 2.45) is 0 Å². The van der Waals surface area contributed by atoms with Crippen molar-refractivity contribution in [3.05, 3.63) is 41.1 Å². The van der Waals surface area contributed by atoms with E-state index in [1.54, 1.807) is 12.1 Å². The molecule has 0 aliphatic heterocycles. The summed E-state index contributed by atoms with van der Waals surface area (Å²) in [5.41, 5.74) is 1.17. The zero-order chi connectivity index (χ0) is 17.1. The lowest BCUT2D eigenvalue weighted by molar-refractivity contribution is 0.0753. The molecule has 5 nitrogen and oxygen atoms in total. The number of amides is 1. The van der Waals surface area contributed by atoms with E-state index in [4.69, 9.17) is 20.8 Å². The Morgan fingerprint density at radius 1 is 1.29 bits per heavy atom. The van der Waals surface area contributed by atoms with Crippen LogP contribution in [0, 0.1) is 0 Å². The van der Waals surface area contributed by atoms with E-state index in [-0.39, 0.29) is 17.8 Å². The van der Waals surface area contributed by atoms with E-state index in [9.17, 15) is 4.79 Å². The highest BCUT2D eigenvalue weighted by Gasteiger charge is 2.13. The molecule has 0 radical (unpaired) electrons. The van der Waals surface area contributed by atoms with Gasteiger partial charge in [-0.25, -0.2) is 4.98 Å². The first-order chi connectivity index (χ1) is 11.5. The van der Waals surface area contributed by atoms with Gasteiger partial charge in [-0.2, -0.15) is 0 Å². The summed E-state index contributed by atoms with van der Waals surface area (Å²) in [6, 6.07) is 9.12. The molecule has 0 fully saturated rings. The largest absolute Gasteiger partial charge is 0.433 e. The molecule has 0 atom stereocenters. The third-order valence-corrected chi connectivity index (χ3v) is 3.78. The van der Waals surface area contributed by atoms with Crippen LogP contribution in [0.3, 0.4) is 0 Å². The Bertz CT molecular complexity index is 873. The Morgan fingerprint density at radius 2 is 2.12 bits per heavy atom. The first-order valence-corrected chi connectivity index (χ1v) is 8.30. The van der Waals surface area contributed by atoms with Crippen molar-refractivity contribution < 1.29 is 13.9 Å². The predicted molar refractivity (Wildman–Crippen MR) is 94.6 cm³/mol. The smallest absolute Gasteiger partial charge is 0.287 e. The molecule has 0 spiro atoms. The van der Waals surface area contributed by atoms with Gasteiger partial charge in [-0.3, -0.25) is 4.79 Å². The molecule has 0 aliphatic carbocycles. The molecule has 0 unspecified atom stereocenters. The van der Waals surface area contributed by atoms with Crippen molar-refractivity contribution in [2.75, 3.05) is 13.2 Å². The molecule has 1 amide bonds. The summed E-state index contributed by atoms with van der Waals surface area (Å²) < 4.78 is 11.0. The second-order valence-corrected chi connectivity index (χ2v) is 6.30. The molecule has 126 valence electrons. The Kier molecular flexibility index (Phi) is 5.02. The third kappa shape index (κ3) is 3.86. The van der Waals surface area contributed by atoms with E-state index in [0.29, 0.717) is 23.9 Å². The van der Waals surface area contributed by atoms with Gasteiger partial charge in [0.2, 0.25) is 5.71 Å². The fourth-order valence-corrected chi connectivity index (χ4v) is 2.56. The molecular weight excluding hydrogens is 328 g/mol. The number of carbonyl (C=O) groups is 1. The molecule has 3 aromatic rings. The Labute approximate surface area is 144 Å². The monoisotopic (exact) mass is 346 g/mol. The minimum atomic E-state index is -0.250. The number of carbonyl (C=O) groups excluding carboxylic acids is 1. The van der Waals surface area contributed by atoms with Crippen LogP contribution in [0.1, 0.15) is 30.8 Å². The number of fused-ring (bicyclic) bond motifs is 2. The van der Waals surface area contributed by atoms with Crippen LogP contribution in [0.2, 0.25) is 5.02 Å². The van der Waals surface area contributed by atoms with Gasteiger partial charge in [0.25, 0.3) is 5.91 Å². The van der Waals surface area contributed by atoms with Crippen molar-refractivity contribution in [2.45, 2.75) is 26.4 Å². The second-order valence-electron chi connectivity index (χ2n) is 5.86. The van der Waals surface area contributed by atoms with E-state index in [1.165, 1.54) is 0 Å². The standard InChI is InChI=1S/C18H19ClN2O3/c1-11(2)23-7-3-6-20-17(22)16-9-13-8-12-4-5-14(19)10-15(12)21-18(13)24-16/h4-5,8-11H,3,6-7H2,1-2H3,(H,20,22). The van der Waals surface area contributed by atoms with Crippen LogP contribution in [-0.4, -0.2) is 30.1 Å². The fraction of sp³-hybridized carbons (Fsp3) is 0.333. The van der Waals surface area contributed by atoms with Gasteiger partial charge in [-0.05, 0) is 44.5 Å².